The molecule has 1 aliphatic heterocycles. The van der Waals surface area contributed by atoms with Gasteiger partial charge in [0.25, 0.3) is 0 Å². The monoisotopic (exact) mass is 668 g/mol. The summed E-state index contributed by atoms with van der Waals surface area (Å²) in [6, 6.07) is 17.3. The summed E-state index contributed by atoms with van der Waals surface area (Å²) in [4.78, 5) is 42.2. The Morgan fingerprint density at radius 1 is 0.957 bits per heavy atom. The van der Waals surface area contributed by atoms with E-state index < -0.39 is 50.7 Å². The number of alkyl carbamates (subject to hydrolysis) is 1. The smallest absolute Gasteiger partial charge is 0.408 e. The molecule has 1 heterocycles. The maximum absolute atomic E-state index is 14.3. The zero-order chi connectivity index (χ0) is 34.5. The predicted octanol–water partition coefficient (Wildman–Crippen LogP) is 4.50. The van der Waals surface area contributed by atoms with Crippen LogP contribution >= 0.6 is 0 Å². The summed E-state index contributed by atoms with van der Waals surface area (Å²) < 4.78 is 41.5. The normalized spacial score (nSPS) is 17.7. The van der Waals surface area contributed by atoms with Crippen molar-refractivity contribution in [3.63, 3.8) is 0 Å². The molecule has 1 spiro atoms. The summed E-state index contributed by atoms with van der Waals surface area (Å²) in [5, 5.41) is 5.38. The topological polar surface area (TPSA) is 143 Å². The summed E-state index contributed by atoms with van der Waals surface area (Å²) in [7, 11) is -3.84. The quantitative estimate of drug-likeness (QED) is 0.302. The molecular weight excluding hydrogens is 620 g/mol. The van der Waals surface area contributed by atoms with Crippen LogP contribution in [0.1, 0.15) is 78.4 Å². The third-order valence-corrected chi connectivity index (χ3v) is 10.0. The Kier molecular flexibility index (Phi) is 11.2. The van der Waals surface area contributed by atoms with Gasteiger partial charge in [0.1, 0.15) is 17.2 Å². The van der Waals surface area contributed by atoms with Gasteiger partial charge in [0, 0.05) is 13.1 Å². The summed E-state index contributed by atoms with van der Waals surface area (Å²) in [5.41, 5.74) is -0.870. The van der Waals surface area contributed by atoms with E-state index in [1.165, 1.54) is 13.8 Å². The van der Waals surface area contributed by atoms with Crippen molar-refractivity contribution in [1.82, 2.24) is 20.3 Å². The van der Waals surface area contributed by atoms with Crippen LogP contribution in [0.5, 0.6) is 0 Å². The van der Waals surface area contributed by atoms with E-state index in [-0.39, 0.29) is 31.2 Å². The Balaban J connectivity index is 1.63. The molecule has 3 N–H and O–H groups in total. The van der Waals surface area contributed by atoms with Crippen LogP contribution in [-0.4, -0.2) is 73.6 Å². The Morgan fingerprint density at radius 2 is 1.55 bits per heavy atom. The van der Waals surface area contributed by atoms with E-state index in [0.29, 0.717) is 24.0 Å². The van der Waals surface area contributed by atoms with Gasteiger partial charge in [0.2, 0.25) is 21.8 Å². The minimum atomic E-state index is -3.84. The zero-order valence-electron chi connectivity index (χ0n) is 28.2. The summed E-state index contributed by atoms with van der Waals surface area (Å²) >= 11 is 0. The molecule has 3 amide bonds. The van der Waals surface area contributed by atoms with Crippen LogP contribution in [0.25, 0.3) is 4.91 Å². The van der Waals surface area contributed by atoms with Crippen LogP contribution in [0.15, 0.2) is 66.2 Å². The fourth-order valence-electron chi connectivity index (χ4n) is 6.03. The predicted molar refractivity (Wildman–Crippen MR) is 180 cm³/mol. The second kappa shape index (κ2) is 14.6. The second-order valence-electron chi connectivity index (χ2n) is 13.7. The van der Waals surface area contributed by atoms with E-state index in [0.717, 1.165) is 18.4 Å². The van der Waals surface area contributed by atoms with Gasteiger partial charge in [-0.05, 0) is 71.1 Å². The van der Waals surface area contributed by atoms with Gasteiger partial charge in [-0.3, -0.25) is 9.59 Å². The number of nitrogens with one attached hydrogen (secondary N) is 3. The molecule has 11 nitrogen and oxygen atoms in total. The number of amides is 3. The van der Waals surface area contributed by atoms with Gasteiger partial charge >= 0.3 is 6.09 Å². The Labute approximate surface area is 278 Å². The molecule has 256 valence electrons. The van der Waals surface area contributed by atoms with E-state index in [4.69, 9.17) is 9.47 Å². The van der Waals surface area contributed by atoms with E-state index >= 15 is 0 Å². The molecule has 0 radical (unpaired) electrons. The van der Waals surface area contributed by atoms with Crippen LogP contribution in [-0.2, 0) is 35.7 Å². The van der Waals surface area contributed by atoms with Gasteiger partial charge in [-0.2, -0.15) is 0 Å². The molecule has 47 heavy (non-hydrogen) atoms. The van der Waals surface area contributed by atoms with Gasteiger partial charge in [0.15, 0.2) is 0 Å². The number of carbonyl (C=O) groups excluding carboxylic acids is 3. The van der Waals surface area contributed by atoms with E-state index in [2.05, 4.69) is 15.4 Å². The molecule has 0 bridgehead atoms. The number of carbonyl (C=O) groups is 3. The third-order valence-electron chi connectivity index (χ3n) is 8.37. The molecule has 4 rings (SSSR count). The molecule has 0 unspecified atom stereocenters. The van der Waals surface area contributed by atoms with Crippen LogP contribution in [0, 0.1) is 0 Å². The SMILES string of the molecule is CCN(CC1=C(c2ccccc2)S(=O)(=O)NC12CCCC2)C(=O)[C@@H](COCc1ccccc1)NC(=O)C(C)(C)NC(=O)OC(C)(C)C. The highest BCUT2D eigenvalue weighted by molar-refractivity contribution is 7.99. The van der Waals surface area contributed by atoms with Crippen molar-refractivity contribution in [2.75, 3.05) is 19.7 Å². The van der Waals surface area contributed by atoms with Gasteiger partial charge in [-0.15, -0.1) is 0 Å². The highest BCUT2D eigenvalue weighted by Gasteiger charge is 2.51. The van der Waals surface area contributed by atoms with Gasteiger partial charge < -0.3 is 25.0 Å². The number of nitrogens with zero attached hydrogens (tertiary/aromatic N) is 1. The molecule has 1 atom stereocenters. The van der Waals surface area contributed by atoms with Crippen LogP contribution in [0.3, 0.4) is 0 Å². The second-order valence-corrected chi connectivity index (χ2v) is 15.3. The van der Waals surface area contributed by atoms with Gasteiger partial charge in [-0.1, -0.05) is 73.5 Å². The largest absolute Gasteiger partial charge is 0.444 e. The molecule has 1 aliphatic carbocycles. The molecule has 2 aromatic rings. The molecule has 0 aromatic heterocycles. The first kappa shape index (κ1) is 36.1. The molecule has 12 heteroatoms. The third kappa shape index (κ3) is 9.00. The number of sulfonamides is 1. The average molecular weight is 669 g/mol. The standard InChI is InChI=1S/C35H48N4O7S/c1-7-39(22-27-29(26-18-12-9-13-19-26)47(43,44)38-35(27)20-14-15-21-35)30(40)28(24-45-23-25-16-10-8-11-17-25)36-31(41)34(5,6)37-32(42)46-33(2,3)4/h8-13,16-19,28,38H,7,14-15,20-24H2,1-6H3,(H,36,41)(H,37,42)/t28-/m1/s1. The molecule has 1 saturated carbocycles. The van der Waals surface area contributed by atoms with Crippen LogP contribution in [0.2, 0.25) is 0 Å². The van der Waals surface area contributed by atoms with E-state index in [9.17, 15) is 22.8 Å². The zero-order valence-corrected chi connectivity index (χ0v) is 29.0. The van der Waals surface area contributed by atoms with E-state index in [1.54, 1.807) is 49.9 Å². The van der Waals surface area contributed by atoms with Crippen molar-refractivity contribution >= 4 is 32.8 Å². The lowest BCUT2D eigenvalue weighted by molar-refractivity contribution is -0.139. The maximum Gasteiger partial charge on any atom is 0.408 e. The highest BCUT2D eigenvalue weighted by atomic mass is 32.2. The van der Waals surface area contributed by atoms with Crippen molar-refractivity contribution in [3.05, 3.63) is 77.4 Å². The first-order chi connectivity index (χ1) is 22.1. The maximum atomic E-state index is 14.3. The van der Waals surface area contributed by atoms with E-state index in [1.807, 2.05) is 43.3 Å². The van der Waals surface area contributed by atoms with Crippen molar-refractivity contribution in [1.29, 1.82) is 0 Å². The van der Waals surface area contributed by atoms with Crippen molar-refractivity contribution < 1.29 is 32.3 Å². The fourth-order valence-corrected chi connectivity index (χ4v) is 8.00. The van der Waals surface area contributed by atoms with Crippen LogP contribution < -0.4 is 15.4 Å². The molecule has 2 aromatic carbocycles. The number of likely N-dealkylation sites (N-methyl/N-ethyl adjacent to an activating group) is 1. The first-order valence-corrected chi connectivity index (χ1v) is 17.6. The Bertz CT molecular complexity index is 1560. The molecular formula is C35H48N4O7S. The number of ether oxygens (including phenoxy) is 2. The summed E-state index contributed by atoms with van der Waals surface area (Å²) in [5.74, 6) is -1.04. The minimum Gasteiger partial charge on any atom is -0.444 e. The van der Waals surface area contributed by atoms with Gasteiger partial charge in [0.05, 0.1) is 23.7 Å². The Hall–Kier alpha value is -3.74. The highest BCUT2D eigenvalue weighted by Crippen LogP contribution is 2.46. The number of benzene rings is 2. The lowest BCUT2D eigenvalue weighted by Crippen LogP contribution is -2.60. The summed E-state index contributed by atoms with van der Waals surface area (Å²) in [6.45, 7) is 10.4. The Morgan fingerprint density at radius 3 is 2.13 bits per heavy atom. The average Bonchev–Trinajstić information content (AvgIpc) is 3.54. The minimum absolute atomic E-state index is 0.0520. The van der Waals surface area contributed by atoms with Crippen molar-refractivity contribution in [2.45, 2.75) is 96.6 Å². The number of rotatable bonds is 12. The first-order valence-electron chi connectivity index (χ1n) is 16.1. The number of hydrogen-bond acceptors (Lipinski definition) is 7. The van der Waals surface area contributed by atoms with Crippen molar-refractivity contribution in [3.8, 4) is 0 Å². The molecule has 1 fully saturated rings. The molecule has 0 saturated heterocycles. The lowest BCUT2D eigenvalue weighted by atomic mass is 9.87. The number of hydrogen-bond donors (Lipinski definition) is 3. The summed E-state index contributed by atoms with van der Waals surface area (Å²) in [6.07, 6.45) is 2.22. The van der Waals surface area contributed by atoms with Crippen LogP contribution in [0.4, 0.5) is 4.79 Å². The van der Waals surface area contributed by atoms with Gasteiger partial charge in [-0.25, -0.2) is 17.9 Å². The van der Waals surface area contributed by atoms with Crippen molar-refractivity contribution in [2.24, 2.45) is 0 Å². The fraction of sp³-hybridized carbons (Fsp3) is 0.514. The molecule has 2 aliphatic rings. The lowest BCUT2D eigenvalue weighted by Gasteiger charge is -2.34.